The summed E-state index contributed by atoms with van der Waals surface area (Å²) >= 11 is 0. The lowest BCUT2D eigenvalue weighted by Gasteiger charge is -2.18. The van der Waals surface area contributed by atoms with Gasteiger partial charge in [0.15, 0.2) is 0 Å². The topological polar surface area (TPSA) is 49.3 Å². The van der Waals surface area contributed by atoms with Gasteiger partial charge in [-0.15, -0.1) is 0 Å². The van der Waals surface area contributed by atoms with Crippen LogP contribution in [0.3, 0.4) is 0 Å². The van der Waals surface area contributed by atoms with E-state index in [-0.39, 0.29) is 18.1 Å². The number of aliphatic hydroxyl groups is 1. The third-order valence-electron chi connectivity index (χ3n) is 2.82. The predicted molar refractivity (Wildman–Crippen MR) is 68.9 cm³/mol. The molecule has 5 heteroatoms. The SMILES string of the molecule is Cc1ccc(F)c(C(=O)NC(CO)CC(C)C)c1F. The van der Waals surface area contributed by atoms with Crippen molar-refractivity contribution in [3.8, 4) is 0 Å². The molecule has 0 aliphatic rings. The smallest absolute Gasteiger partial charge is 0.257 e. The zero-order chi connectivity index (χ0) is 14.6. The molecule has 0 aromatic heterocycles. The van der Waals surface area contributed by atoms with Crippen molar-refractivity contribution in [2.75, 3.05) is 6.61 Å². The summed E-state index contributed by atoms with van der Waals surface area (Å²) in [6.45, 7) is 5.06. The summed E-state index contributed by atoms with van der Waals surface area (Å²) in [4.78, 5) is 11.9. The molecule has 0 heterocycles. The van der Waals surface area contributed by atoms with Crippen molar-refractivity contribution in [1.82, 2.24) is 5.32 Å². The van der Waals surface area contributed by atoms with Crippen LogP contribution in [-0.4, -0.2) is 23.7 Å². The molecule has 0 radical (unpaired) electrons. The summed E-state index contributed by atoms with van der Waals surface area (Å²) in [6.07, 6.45) is 0.539. The summed E-state index contributed by atoms with van der Waals surface area (Å²) in [5.41, 5.74) is -0.391. The Labute approximate surface area is 111 Å². The number of hydrogen-bond donors (Lipinski definition) is 2. The van der Waals surface area contributed by atoms with E-state index in [1.54, 1.807) is 0 Å². The molecule has 1 amide bonds. The van der Waals surface area contributed by atoms with Gasteiger partial charge in [-0.05, 0) is 30.9 Å². The Bertz CT molecular complexity index is 461. The van der Waals surface area contributed by atoms with E-state index >= 15 is 0 Å². The van der Waals surface area contributed by atoms with Crippen LogP contribution in [0.5, 0.6) is 0 Å². The maximum Gasteiger partial charge on any atom is 0.257 e. The first-order valence-corrected chi connectivity index (χ1v) is 6.23. The van der Waals surface area contributed by atoms with E-state index in [0.29, 0.717) is 6.42 Å². The van der Waals surface area contributed by atoms with E-state index in [4.69, 9.17) is 5.11 Å². The summed E-state index contributed by atoms with van der Waals surface area (Å²) in [5, 5.41) is 11.6. The quantitative estimate of drug-likeness (QED) is 0.864. The summed E-state index contributed by atoms with van der Waals surface area (Å²) < 4.78 is 27.3. The van der Waals surface area contributed by atoms with E-state index in [9.17, 15) is 13.6 Å². The van der Waals surface area contributed by atoms with E-state index in [1.807, 2.05) is 13.8 Å². The highest BCUT2D eigenvalue weighted by Gasteiger charge is 2.21. The van der Waals surface area contributed by atoms with Crippen molar-refractivity contribution in [3.63, 3.8) is 0 Å². The van der Waals surface area contributed by atoms with Gasteiger partial charge in [-0.25, -0.2) is 8.78 Å². The highest BCUT2D eigenvalue weighted by molar-refractivity contribution is 5.95. The maximum atomic E-state index is 13.8. The van der Waals surface area contributed by atoms with Crippen molar-refractivity contribution < 1.29 is 18.7 Å². The van der Waals surface area contributed by atoms with Gasteiger partial charge >= 0.3 is 0 Å². The van der Waals surface area contributed by atoms with Crippen LogP contribution in [0, 0.1) is 24.5 Å². The molecular weight excluding hydrogens is 252 g/mol. The first-order valence-electron chi connectivity index (χ1n) is 6.23. The second kappa shape index (κ2) is 6.61. The molecule has 0 spiro atoms. The number of hydrogen-bond acceptors (Lipinski definition) is 2. The third kappa shape index (κ3) is 3.99. The van der Waals surface area contributed by atoms with Crippen molar-refractivity contribution in [1.29, 1.82) is 0 Å². The Morgan fingerprint density at radius 3 is 2.53 bits per heavy atom. The van der Waals surface area contributed by atoms with Crippen LogP contribution in [0.1, 0.15) is 36.2 Å². The second-order valence-electron chi connectivity index (χ2n) is 5.04. The zero-order valence-electron chi connectivity index (χ0n) is 11.3. The fraction of sp³-hybridized carbons (Fsp3) is 0.500. The summed E-state index contributed by atoms with van der Waals surface area (Å²) in [7, 11) is 0. The Morgan fingerprint density at radius 2 is 2.00 bits per heavy atom. The summed E-state index contributed by atoms with van der Waals surface area (Å²) in [6, 6.07) is 1.83. The average Bonchev–Trinajstić information content (AvgIpc) is 2.33. The van der Waals surface area contributed by atoms with Crippen LogP contribution in [-0.2, 0) is 0 Å². The molecule has 1 rings (SSSR count). The molecule has 0 aliphatic heterocycles. The van der Waals surface area contributed by atoms with E-state index in [0.717, 1.165) is 6.07 Å². The Hall–Kier alpha value is -1.49. The standard InChI is InChI=1S/C14H19F2NO2/c1-8(2)6-10(7-18)17-14(19)12-11(15)5-4-9(3)13(12)16/h4-5,8,10,18H,6-7H2,1-3H3,(H,17,19). The molecule has 1 atom stereocenters. The fourth-order valence-corrected chi connectivity index (χ4v) is 1.87. The highest BCUT2D eigenvalue weighted by atomic mass is 19.1. The van der Waals surface area contributed by atoms with Gasteiger partial charge < -0.3 is 10.4 Å². The first kappa shape index (κ1) is 15.6. The molecule has 106 valence electrons. The zero-order valence-corrected chi connectivity index (χ0v) is 11.3. The number of carbonyl (C=O) groups is 1. The van der Waals surface area contributed by atoms with Crippen LogP contribution in [0.2, 0.25) is 0 Å². The Balaban J connectivity index is 2.92. The van der Waals surface area contributed by atoms with Crippen molar-refractivity contribution in [2.24, 2.45) is 5.92 Å². The molecule has 0 saturated heterocycles. The lowest BCUT2D eigenvalue weighted by molar-refractivity contribution is 0.0899. The monoisotopic (exact) mass is 271 g/mol. The number of rotatable bonds is 5. The number of aryl methyl sites for hydroxylation is 1. The van der Waals surface area contributed by atoms with Gasteiger partial charge in [0.25, 0.3) is 5.91 Å². The molecule has 1 aromatic carbocycles. The Morgan fingerprint density at radius 1 is 1.37 bits per heavy atom. The number of aliphatic hydroxyl groups excluding tert-OH is 1. The van der Waals surface area contributed by atoms with Gasteiger partial charge in [-0.1, -0.05) is 19.9 Å². The molecule has 19 heavy (non-hydrogen) atoms. The van der Waals surface area contributed by atoms with Crippen LogP contribution < -0.4 is 5.32 Å². The average molecular weight is 271 g/mol. The molecule has 0 fully saturated rings. The molecule has 1 unspecified atom stereocenters. The van der Waals surface area contributed by atoms with Gasteiger partial charge in [0.1, 0.15) is 17.2 Å². The first-order chi connectivity index (χ1) is 8.86. The minimum Gasteiger partial charge on any atom is -0.394 e. The van der Waals surface area contributed by atoms with Crippen molar-refractivity contribution >= 4 is 5.91 Å². The molecule has 0 saturated carbocycles. The van der Waals surface area contributed by atoms with Gasteiger partial charge in [0.05, 0.1) is 12.6 Å². The highest BCUT2D eigenvalue weighted by Crippen LogP contribution is 2.16. The molecule has 0 bridgehead atoms. The van der Waals surface area contributed by atoms with E-state index < -0.39 is 29.1 Å². The van der Waals surface area contributed by atoms with Crippen molar-refractivity contribution in [3.05, 3.63) is 34.9 Å². The lowest BCUT2D eigenvalue weighted by Crippen LogP contribution is -2.39. The molecule has 2 N–H and O–H groups in total. The number of amides is 1. The number of halogens is 2. The minimum absolute atomic E-state index is 0.205. The van der Waals surface area contributed by atoms with Crippen LogP contribution in [0.4, 0.5) is 8.78 Å². The van der Waals surface area contributed by atoms with Gasteiger partial charge in [0, 0.05) is 0 Å². The van der Waals surface area contributed by atoms with E-state index in [2.05, 4.69) is 5.32 Å². The van der Waals surface area contributed by atoms with Crippen LogP contribution >= 0.6 is 0 Å². The van der Waals surface area contributed by atoms with Crippen molar-refractivity contribution in [2.45, 2.75) is 33.2 Å². The lowest BCUT2D eigenvalue weighted by atomic mass is 10.0. The molecule has 3 nitrogen and oxygen atoms in total. The minimum atomic E-state index is -0.901. The number of carbonyl (C=O) groups excluding carboxylic acids is 1. The molecular formula is C14H19F2NO2. The molecule has 0 aliphatic carbocycles. The third-order valence-corrected chi connectivity index (χ3v) is 2.82. The molecule has 1 aromatic rings. The van der Waals surface area contributed by atoms with Crippen LogP contribution in [0.15, 0.2) is 12.1 Å². The second-order valence-corrected chi connectivity index (χ2v) is 5.04. The summed E-state index contributed by atoms with van der Waals surface area (Å²) in [5.74, 6) is -2.34. The Kier molecular flexibility index (Phi) is 5.42. The van der Waals surface area contributed by atoms with Crippen LogP contribution in [0.25, 0.3) is 0 Å². The predicted octanol–water partition coefficient (Wildman–Crippen LogP) is 2.41. The number of nitrogens with one attached hydrogen (secondary N) is 1. The van der Waals surface area contributed by atoms with Gasteiger partial charge in [-0.3, -0.25) is 4.79 Å². The fourth-order valence-electron chi connectivity index (χ4n) is 1.87. The normalized spacial score (nSPS) is 12.6. The number of benzene rings is 1. The van der Waals surface area contributed by atoms with Gasteiger partial charge in [0.2, 0.25) is 0 Å². The van der Waals surface area contributed by atoms with E-state index in [1.165, 1.54) is 13.0 Å². The van der Waals surface area contributed by atoms with Gasteiger partial charge in [-0.2, -0.15) is 0 Å². The maximum absolute atomic E-state index is 13.8. The largest absolute Gasteiger partial charge is 0.394 e.